The molecular weight excluding hydrogens is 221 g/mol. The van der Waals surface area contributed by atoms with Crippen LogP contribution in [-0.2, 0) is 0 Å². The predicted octanol–water partition coefficient (Wildman–Crippen LogP) is -0.508. The van der Waals surface area contributed by atoms with E-state index < -0.39 is 0 Å². The molecule has 0 radical (unpaired) electrons. The molecular formula is C14H16LiNO2. The number of ether oxygens (including phenoxy) is 1. The van der Waals surface area contributed by atoms with Gasteiger partial charge in [0, 0.05) is 6.20 Å². The number of hydrogen-bond acceptors (Lipinski definition) is 2. The van der Waals surface area contributed by atoms with Crippen LogP contribution in [0.3, 0.4) is 0 Å². The Hall–Kier alpha value is -1.30. The van der Waals surface area contributed by atoms with E-state index in [2.05, 4.69) is 0 Å². The monoisotopic (exact) mass is 237 g/mol. The van der Waals surface area contributed by atoms with Crippen LogP contribution < -0.4 is 28.7 Å². The molecule has 1 heterocycles. The molecule has 0 saturated heterocycles. The first-order valence-electron chi connectivity index (χ1n) is 5.62. The van der Waals surface area contributed by atoms with Crippen LogP contribution in [0.15, 0.2) is 36.5 Å². The van der Waals surface area contributed by atoms with Crippen LogP contribution in [0.25, 0.3) is 0 Å². The summed E-state index contributed by atoms with van der Waals surface area (Å²) in [5.41, 5.74) is 1.88. The number of rotatable bonds is 3. The van der Waals surface area contributed by atoms with Gasteiger partial charge in [0.1, 0.15) is 5.75 Å². The minimum absolute atomic E-state index is 0. The number of aryl methyl sites for hydroxylation is 1. The maximum atomic E-state index is 11.8. The SMILES string of the molecule is COc1ccc([C@H](C)n2ccc(C)c2[O-])cc1.[Li+]. The second-order valence-electron chi connectivity index (χ2n) is 4.16. The Morgan fingerprint density at radius 3 is 2.22 bits per heavy atom. The van der Waals surface area contributed by atoms with E-state index in [4.69, 9.17) is 4.74 Å². The van der Waals surface area contributed by atoms with E-state index >= 15 is 0 Å². The van der Waals surface area contributed by atoms with Crippen molar-refractivity contribution in [3.63, 3.8) is 0 Å². The minimum Gasteiger partial charge on any atom is -0.860 e. The van der Waals surface area contributed by atoms with Crippen molar-refractivity contribution in [3.8, 4) is 11.6 Å². The molecule has 0 saturated carbocycles. The standard InChI is InChI=1S/C14H17NO2.Li/c1-10-8-9-15(14(10)16)11(2)12-4-6-13(17-3)7-5-12;/h4-9,11,16H,1-3H3;/q;+1/p-1/t11-;/m0./s1. The summed E-state index contributed by atoms with van der Waals surface area (Å²) in [4.78, 5) is 0. The molecule has 1 atom stereocenters. The van der Waals surface area contributed by atoms with Gasteiger partial charge in [0.15, 0.2) is 0 Å². The molecule has 0 amide bonds. The molecule has 0 bridgehead atoms. The van der Waals surface area contributed by atoms with E-state index in [0.717, 1.165) is 16.9 Å². The van der Waals surface area contributed by atoms with Gasteiger partial charge in [-0.2, -0.15) is 0 Å². The van der Waals surface area contributed by atoms with E-state index in [0.29, 0.717) is 0 Å². The van der Waals surface area contributed by atoms with Gasteiger partial charge < -0.3 is 14.4 Å². The molecule has 1 aromatic carbocycles. The minimum atomic E-state index is 0. The Morgan fingerprint density at radius 2 is 1.78 bits per heavy atom. The summed E-state index contributed by atoms with van der Waals surface area (Å²) in [5.74, 6) is 0.903. The van der Waals surface area contributed by atoms with Gasteiger partial charge in [0.05, 0.1) is 13.2 Å². The molecule has 0 aliphatic heterocycles. The Bertz CT molecular complexity index is 505. The molecule has 3 nitrogen and oxygen atoms in total. The first kappa shape index (κ1) is 14.8. The zero-order valence-corrected chi connectivity index (χ0v) is 11.3. The van der Waals surface area contributed by atoms with Crippen LogP contribution >= 0.6 is 0 Å². The maximum absolute atomic E-state index is 11.8. The molecule has 2 aromatic rings. The Balaban J connectivity index is 0.00000162. The normalized spacial score (nSPS) is 11.7. The number of benzene rings is 1. The van der Waals surface area contributed by atoms with Gasteiger partial charge in [-0.3, -0.25) is 0 Å². The van der Waals surface area contributed by atoms with Crippen molar-refractivity contribution in [1.29, 1.82) is 0 Å². The molecule has 0 aliphatic carbocycles. The van der Waals surface area contributed by atoms with Crippen LogP contribution in [0.1, 0.15) is 24.1 Å². The van der Waals surface area contributed by atoms with Gasteiger partial charge in [-0.25, -0.2) is 0 Å². The molecule has 1 aromatic heterocycles. The summed E-state index contributed by atoms with van der Waals surface area (Å²) >= 11 is 0. The van der Waals surface area contributed by atoms with Crippen LogP contribution in [0.2, 0.25) is 0 Å². The van der Waals surface area contributed by atoms with Gasteiger partial charge in [-0.15, -0.1) is 0 Å². The fourth-order valence-corrected chi connectivity index (χ4v) is 1.88. The smallest absolute Gasteiger partial charge is 0.860 e. The van der Waals surface area contributed by atoms with Gasteiger partial charge in [0.2, 0.25) is 0 Å². The first-order valence-corrected chi connectivity index (χ1v) is 5.62. The van der Waals surface area contributed by atoms with E-state index in [1.165, 1.54) is 0 Å². The van der Waals surface area contributed by atoms with E-state index in [9.17, 15) is 5.11 Å². The largest absolute Gasteiger partial charge is 1.00 e. The summed E-state index contributed by atoms with van der Waals surface area (Å²) in [6.07, 6.45) is 1.84. The zero-order valence-electron chi connectivity index (χ0n) is 11.3. The fraction of sp³-hybridized carbons (Fsp3) is 0.286. The average Bonchev–Trinajstić information content (AvgIpc) is 2.69. The summed E-state index contributed by atoms with van der Waals surface area (Å²) in [6, 6.07) is 9.68. The maximum Gasteiger partial charge on any atom is 1.00 e. The Morgan fingerprint density at radius 1 is 1.17 bits per heavy atom. The fourth-order valence-electron chi connectivity index (χ4n) is 1.88. The summed E-state index contributed by atoms with van der Waals surface area (Å²) in [5, 5.41) is 11.8. The van der Waals surface area contributed by atoms with Crippen molar-refractivity contribution >= 4 is 0 Å². The summed E-state index contributed by atoms with van der Waals surface area (Å²) < 4.78 is 6.86. The van der Waals surface area contributed by atoms with Crippen LogP contribution in [0.4, 0.5) is 0 Å². The number of hydrogen-bond donors (Lipinski definition) is 0. The van der Waals surface area contributed by atoms with Crippen molar-refractivity contribution < 1.29 is 28.7 Å². The third kappa shape index (κ3) is 2.74. The zero-order chi connectivity index (χ0) is 12.4. The van der Waals surface area contributed by atoms with Gasteiger partial charge in [-0.05, 0) is 49.1 Å². The van der Waals surface area contributed by atoms with Crippen LogP contribution in [0, 0.1) is 6.92 Å². The number of nitrogens with zero attached hydrogens (tertiary/aromatic N) is 1. The third-order valence-electron chi connectivity index (χ3n) is 3.07. The molecule has 4 heteroatoms. The summed E-state index contributed by atoms with van der Waals surface area (Å²) in [7, 11) is 1.64. The van der Waals surface area contributed by atoms with Crippen molar-refractivity contribution in [1.82, 2.24) is 4.57 Å². The Kier molecular flexibility index (Phi) is 4.95. The van der Waals surface area contributed by atoms with Gasteiger partial charge >= 0.3 is 18.9 Å². The van der Waals surface area contributed by atoms with Crippen molar-refractivity contribution in [2.45, 2.75) is 19.9 Å². The molecule has 0 spiro atoms. The Labute approximate surface area is 120 Å². The second-order valence-corrected chi connectivity index (χ2v) is 4.16. The summed E-state index contributed by atoms with van der Waals surface area (Å²) in [6.45, 7) is 3.85. The van der Waals surface area contributed by atoms with E-state index in [-0.39, 0.29) is 30.8 Å². The molecule has 0 unspecified atom stereocenters. The van der Waals surface area contributed by atoms with Gasteiger partial charge in [0.25, 0.3) is 0 Å². The van der Waals surface area contributed by atoms with Crippen molar-refractivity contribution in [2.75, 3.05) is 7.11 Å². The van der Waals surface area contributed by atoms with Crippen molar-refractivity contribution in [2.24, 2.45) is 0 Å². The molecule has 0 N–H and O–H groups in total. The van der Waals surface area contributed by atoms with Crippen molar-refractivity contribution in [3.05, 3.63) is 47.7 Å². The molecule has 2 rings (SSSR count). The topological polar surface area (TPSA) is 37.2 Å². The molecule has 90 valence electrons. The van der Waals surface area contributed by atoms with Crippen LogP contribution in [0.5, 0.6) is 11.6 Å². The van der Waals surface area contributed by atoms with E-state index in [1.807, 2.05) is 50.4 Å². The van der Waals surface area contributed by atoms with E-state index in [1.54, 1.807) is 11.7 Å². The molecule has 0 aliphatic rings. The average molecular weight is 237 g/mol. The quantitative estimate of drug-likeness (QED) is 0.674. The molecule has 0 fully saturated rings. The van der Waals surface area contributed by atoms with Gasteiger partial charge in [-0.1, -0.05) is 12.1 Å². The number of methoxy groups -OCH3 is 1. The predicted molar refractivity (Wildman–Crippen MR) is 65.4 cm³/mol. The second kappa shape index (κ2) is 6.04. The van der Waals surface area contributed by atoms with Crippen LogP contribution in [-0.4, -0.2) is 11.7 Å². The first-order chi connectivity index (χ1) is 8.13. The molecule has 18 heavy (non-hydrogen) atoms. The third-order valence-corrected chi connectivity index (χ3v) is 3.07. The number of aromatic nitrogens is 1.